The van der Waals surface area contributed by atoms with Crippen molar-refractivity contribution in [1.82, 2.24) is 4.90 Å². The Morgan fingerprint density at radius 3 is 2.19 bits per heavy atom. The van der Waals surface area contributed by atoms with Crippen LogP contribution in [0.5, 0.6) is 0 Å². The predicted molar refractivity (Wildman–Crippen MR) is 61.0 cm³/mol. The maximum Gasteiger partial charge on any atom is 0.308 e. The minimum atomic E-state index is -0.184. The smallest absolute Gasteiger partial charge is 0.308 e. The summed E-state index contributed by atoms with van der Waals surface area (Å²) in [5, 5.41) is 17.5. The van der Waals surface area contributed by atoms with Crippen molar-refractivity contribution in [3.05, 3.63) is 0 Å². The van der Waals surface area contributed by atoms with E-state index >= 15 is 0 Å². The molecule has 0 saturated heterocycles. The van der Waals surface area contributed by atoms with Crippen molar-refractivity contribution in [3.8, 4) is 0 Å². The molecule has 0 aliphatic heterocycles. The molecule has 0 bridgehead atoms. The number of hydrogen-bond acceptors (Lipinski definition) is 5. The molecule has 0 aromatic carbocycles. The Labute approximate surface area is 97.0 Å². The molecule has 0 aromatic heterocycles. The second-order valence-corrected chi connectivity index (χ2v) is 3.96. The van der Waals surface area contributed by atoms with E-state index in [0.717, 1.165) is 6.42 Å². The third kappa shape index (κ3) is 7.62. The molecule has 0 radical (unpaired) electrons. The molecule has 0 heterocycles. The number of aliphatic hydroxyl groups excluding tert-OH is 2. The largest absolute Gasteiger partial charge is 0.465 e. The van der Waals surface area contributed by atoms with Crippen LogP contribution in [0, 0.1) is 5.92 Å². The van der Waals surface area contributed by atoms with Gasteiger partial charge in [-0.2, -0.15) is 0 Å². The van der Waals surface area contributed by atoms with Gasteiger partial charge in [-0.3, -0.25) is 9.69 Å². The summed E-state index contributed by atoms with van der Waals surface area (Å²) in [5.41, 5.74) is 0. The molecule has 0 aliphatic rings. The Bertz CT molecular complexity index is 179. The lowest BCUT2D eigenvalue weighted by Crippen LogP contribution is -2.31. The zero-order valence-corrected chi connectivity index (χ0v) is 10.2. The first kappa shape index (κ1) is 15.3. The maximum atomic E-state index is 11.1. The molecular weight excluding hydrogens is 210 g/mol. The summed E-state index contributed by atoms with van der Waals surface area (Å²) in [6.45, 7) is 5.93. The molecule has 0 aliphatic carbocycles. The molecule has 0 aromatic rings. The van der Waals surface area contributed by atoms with Gasteiger partial charge in [0.25, 0.3) is 0 Å². The van der Waals surface area contributed by atoms with Crippen LogP contribution in [0.15, 0.2) is 0 Å². The summed E-state index contributed by atoms with van der Waals surface area (Å²) in [6.07, 6.45) is 0.721. The summed E-state index contributed by atoms with van der Waals surface area (Å²) < 4.78 is 5.02. The molecule has 0 rings (SSSR count). The van der Waals surface area contributed by atoms with Crippen molar-refractivity contribution >= 4 is 5.97 Å². The summed E-state index contributed by atoms with van der Waals surface area (Å²) in [4.78, 5) is 13.1. The van der Waals surface area contributed by atoms with Crippen LogP contribution < -0.4 is 0 Å². The average molecular weight is 233 g/mol. The first-order valence-corrected chi connectivity index (χ1v) is 5.72. The van der Waals surface area contributed by atoms with Crippen LogP contribution in [0.2, 0.25) is 0 Å². The molecule has 16 heavy (non-hydrogen) atoms. The van der Waals surface area contributed by atoms with Crippen molar-refractivity contribution in [2.45, 2.75) is 20.3 Å². The highest BCUT2D eigenvalue weighted by molar-refractivity contribution is 5.71. The van der Waals surface area contributed by atoms with E-state index in [0.29, 0.717) is 26.2 Å². The number of carbonyl (C=O) groups excluding carboxylic acids is 1. The zero-order valence-electron chi connectivity index (χ0n) is 10.2. The second-order valence-electron chi connectivity index (χ2n) is 3.96. The van der Waals surface area contributed by atoms with E-state index in [-0.39, 0.29) is 25.1 Å². The fourth-order valence-electron chi connectivity index (χ4n) is 1.25. The first-order chi connectivity index (χ1) is 7.61. The fourth-order valence-corrected chi connectivity index (χ4v) is 1.25. The third-order valence-corrected chi connectivity index (χ3v) is 2.17. The lowest BCUT2D eigenvalue weighted by Gasteiger charge is -2.19. The van der Waals surface area contributed by atoms with Crippen LogP contribution in [0.4, 0.5) is 0 Å². The van der Waals surface area contributed by atoms with E-state index < -0.39 is 0 Å². The van der Waals surface area contributed by atoms with Gasteiger partial charge in [0.2, 0.25) is 0 Å². The van der Waals surface area contributed by atoms with Gasteiger partial charge in [-0.25, -0.2) is 0 Å². The van der Waals surface area contributed by atoms with Crippen LogP contribution >= 0.6 is 0 Å². The number of nitrogens with zero attached hydrogens (tertiary/aromatic N) is 1. The minimum absolute atomic E-state index is 0.0752. The minimum Gasteiger partial charge on any atom is -0.465 e. The summed E-state index contributed by atoms with van der Waals surface area (Å²) in [7, 11) is 0. The lowest BCUT2D eigenvalue weighted by molar-refractivity contribution is -0.147. The Morgan fingerprint density at radius 1 is 1.19 bits per heavy atom. The van der Waals surface area contributed by atoms with Gasteiger partial charge < -0.3 is 14.9 Å². The van der Waals surface area contributed by atoms with Crippen LogP contribution in [0.25, 0.3) is 0 Å². The number of hydrogen-bond donors (Lipinski definition) is 2. The molecular formula is C11H23NO4. The summed E-state index contributed by atoms with van der Waals surface area (Å²) in [5.74, 6) is -0.276. The Hall–Kier alpha value is -0.650. The van der Waals surface area contributed by atoms with Gasteiger partial charge in [0.05, 0.1) is 25.7 Å². The number of rotatable bonds is 9. The summed E-state index contributed by atoms with van der Waals surface area (Å²) in [6, 6.07) is 0. The van der Waals surface area contributed by atoms with E-state index in [1.54, 1.807) is 13.8 Å². The van der Waals surface area contributed by atoms with Gasteiger partial charge in [-0.15, -0.1) is 0 Å². The average Bonchev–Trinajstić information content (AvgIpc) is 2.24. The SMILES string of the molecule is CC(C)C(=O)OCCCN(CCO)CCO. The van der Waals surface area contributed by atoms with E-state index in [2.05, 4.69) is 0 Å². The summed E-state index contributed by atoms with van der Waals surface area (Å²) >= 11 is 0. The molecule has 0 amide bonds. The molecule has 5 heteroatoms. The van der Waals surface area contributed by atoms with E-state index in [4.69, 9.17) is 14.9 Å². The highest BCUT2D eigenvalue weighted by Crippen LogP contribution is 1.98. The molecule has 5 nitrogen and oxygen atoms in total. The topological polar surface area (TPSA) is 70.0 Å². The quantitative estimate of drug-likeness (QED) is 0.428. The molecule has 96 valence electrons. The Morgan fingerprint density at radius 2 is 1.75 bits per heavy atom. The number of esters is 1. The van der Waals surface area contributed by atoms with Crippen LogP contribution in [-0.4, -0.2) is 60.5 Å². The third-order valence-electron chi connectivity index (χ3n) is 2.17. The second kappa shape index (κ2) is 9.57. The van der Waals surface area contributed by atoms with Gasteiger partial charge in [0, 0.05) is 19.6 Å². The zero-order chi connectivity index (χ0) is 12.4. The van der Waals surface area contributed by atoms with Crippen LogP contribution in [-0.2, 0) is 9.53 Å². The van der Waals surface area contributed by atoms with E-state index in [9.17, 15) is 4.79 Å². The van der Waals surface area contributed by atoms with E-state index in [1.165, 1.54) is 0 Å². The first-order valence-electron chi connectivity index (χ1n) is 5.72. The Kier molecular flexibility index (Phi) is 9.18. The van der Waals surface area contributed by atoms with Gasteiger partial charge in [-0.1, -0.05) is 13.8 Å². The van der Waals surface area contributed by atoms with Crippen molar-refractivity contribution in [1.29, 1.82) is 0 Å². The molecule has 0 unspecified atom stereocenters. The van der Waals surface area contributed by atoms with Crippen LogP contribution in [0.3, 0.4) is 0 Å². The van der Waals surface area contributed by atoms with E-state index in [1.807, 2.05) is 4.90 Å². The maximum absolute atomic E-state index is 11.1. The van der Waals surface area contributed by atoms with Crippen molar-refractivity contribution < 1.29 is 19.7 Å². The molecule has 0 fully saturated rings. The molecule has 0 spiro atoms. The predicted octanol–water partition coefficient (Wildman–Crippen LogP) is -0.138. The molecule has 0 atom stereocenters. The van der Waals surface area contributed by atoms with Crippen molar-refractivity contribution in [3.63, 3.8) is 0 Å². The standard InChI is InChI=1S/C11H23NO4/c1-10(2)11(15)16-9-3-4-12(5-7-13)6-8-14/h10,13-14H,3-9H2,1-2H3. The van der Waals surface area contributed by atoms with Gasteiger partial charge >= 0.3 is 5.97 Å². The monoisotopic (exact) mass is 233 g/mol. The lowest BCUT2D eigenvalue weighted by atomic mass is 10.2. The Balaban J connectivity index is 3.57. The van der Waals surface area contributed by atoms with Gasteiger partial charge in [-0.05, 0) is 6.42 Å². The van der Waals surface area contributed by atoms with Gasteiger partial charge in [0.1, 0.15) is 0 Å². The number of ether oxygens (including phenoxy) is 1. The van der Waals surface area contributed by atoms with Crippen molar-refractivity contribution in [2.75, 3.05) is 39.5 Å². The highest BCUT2D eigenvalue weighted by atomic mass is 16.5. The fraction of sp³-hybridized carbons (Fsp3) is 0.909. The number of carbonyl (C=O) groups is 1. The molecule has 2 N–H and O–H groups in total. The highest BCUT2D eigenvalue weighted by Gasteiger charge is 2.08. The van der Waals surface area contributed by atoms with Crippen LogP contribution in [0.1, 0.15) is 20.3 Å². The molecule has 0 saturated carbocycles. The normalized spacial score (nSPS) is 11.1. The van der Waals surface area contributed by atoms with Gasteiger partial charge in [0.15, 0.2) is 0 Å². The number of aliphatic hydroxyl groups is 2. The van der Waals surface area contributed by atoms with Crippen molar-refractivity contribution in [2.24, 2.45) is 5.92 Å².